The molecule has 1 aliphatic carbocycles. The number of aromatic nitrogens is 4. The molecule has 0 amide bonds. The Hall–Kier alpha value is -2.24. The van der Waals surface area contributed by atoms with Crippen LogP contribution in [0.4, 0.5) is 0 Å². The van der Waals surface area contributed by atoms with Crippen molar-refractivity contribution in [1.82, 2.24) is 20.2 Å². The molecule has 0 saturated heterocycles. The molecule has 0 spiro atoms. The van der Waals surface area contributed by atoms with Gasteiger partial charge in [0.05, 0.1) is 5.41 Å². The number of nitrogens with zero attached hydrogens (tertiary/aromatic N) is 4. The van der Waals surface area contributed by atoms with Gasteiger partial charge < -0.3 is 5.11 Å². The molecule has 0 atom stereocenters. The van der Waals surface area contributed by atoms with Crippen molar-refractivity contribution in [2.75, 3.05) is 0 Å². The monoisotopic (exact) mass is 244 g/mol. The van der Waals surface area contributed by atoms with Gasteiger partial charge in [0.15, 0.2) is 5.82 Å². The van der Waals surface area contributed by atoms with E-state index < -0.39 is 5.97 Å². The fourth-order valence-electron chi connectivity index (χ4n) is 2.31. The van der Waals surface area contributed by atoms with E-state index in [1.807, 2.05) is 30.3 Å². The van der Waals surface area contributed by atoms with Crippen LogP contribution in [-0.2, 0) is 16.8 Å². The zero-order valence-electron chi connectivity index (χ0n) is 9.65. The van der Waals surface area contributed by atoms with Crippen LogP contribution in [0.5, 0.6) is 0 Å². The third kappa shape index (κ3) is 1.66. The SMILES string of the molecule is O=C(O)Cn1nnnc1C1(c2ccccc2)CC1. The molecule has 1 fully saturated rings. The quantitative estimate of drug-likeness (QED) is 0.861. The number of tetrazole rings is 1. The number of hydrogen-bond acceptors (Lipinski definition) is 4. The third-order valence-electron chi connectivity index (χ3n) is 3.32. The van der Waals surface area contributed by atoms with Gasteiger partial charge in [-0.3, -0.25) is 4.79 Å². The molecule has 92 valence electrons. The summed E-state index contributed by atoms with van der Waals surface area (Å²) in [6.07, 6.45) is 1.91. The van der Waals surface area contributed by atoms with Gasteiger partial charge in [-0.15, -0.1) is 5.10 Å². The second kappa shape index (κ2) is 3.90. The number of aliphatic carboxylic acids is 1. The highest BCUT2D eigenvalue weighted by atomic mass is 16.4. The maximum atomic E-state index is 10.8. The van der Waals surface area contributed by atoms with Crippen molar-refractivity contribution in [2.45, 2.75) is 24.8 Å². The lowest BCUT2D eigenvalue weighted by Gasteiger charge is -2.14. The Bertz CT molecular complexity index is 575. The van der Waals surface area contributed by atoms with Gasteiger partial charge in [0.1, 0.15) is 6.54 Å². The van der Waals surface area contributed by atoms with Crippen molar-refractivity contribution in [3.63, 3.8) is 0 Å². The Balaban J connectivity index is 2.00. The molecule has 6 heteroatoms. The minimum absolute atomic E-state index is 0.194. The highest BCUT2D eigenvalue weighted by Crippen LogP contribution is 2.52. The average molecular weight is 244 g/mol. The summed E-state index contributed by atoms with van der Waals surface area (Å²) < 4.78 is 1.38. The van der Waals surface area contributed by atoms with Crippen LogP contribution in [0.1, 0.15) is 24.2 Å². The van der Waals surface area contributed by atoms with Crippen molar-refractivity contribution in [3.8, 4) is 0 Å². The Morgan fingerprint density at radius 3 is 2.67 bits per heavy atom. The second-order valence-corrected chi connectivity index (χ2v) is 4.50. The number of hydrogen-bond donors (Lipinski definition) is 1. The predicted octanol–water partition coefficient (Wildman–Crippen LogP) is 0.838. The fourth-order valence-corrected chi connectivity index (χ4v) is 2.31. The van der Waals surface area contributed by atoms with Crippen molar-refractivity contribution in [3.05, 3.63) is 41.7 Å². The summed E-state index contributed by atoms with van der Waals surface area (Å²) >= 11 is 0. The first kappa shape index (κ1) is 10.9. The van der Waals surface area contributed by atoms with Crippen LogP contribution in [0.3, 0.4) is 0 Å². The topological polar surface area (TPSA) is 80.9 Å². The van der Waals surface area contributed by atoms with Gasteiger partial charge in [-0.1, -0.05) is 30.3 Å². The molecule has 3 rings (SSSR count). The molecular formula is C12H12N4O2. The van der Waals surface area contributed by atoms with Crippen LogP contribution >= 0.6 is 0 Å². The lowest BCUT2D eigenvalue weighted by Crippen LogP contribution is -2.20. The van der Waals surface area contributed by atoms with Crippen LogP contribution in [0.15, 0.2) is 30.3 Å². The molecule has 1 saturated carbocycles. The molecule has 0 radical (unpaired) electrons. The van der Waals surface area contributed by atoms with Gasteiger partial charge in [-0.05, 0) is 28.8 Å². The standard InChI is InChI=1S/C12H12N4O2/c17-10(18)8-16-11(13-14-15-16)12(6-7-12)9-4-2-1-3-5-9/h1-5H,6-8H2,(H,17,18). The molecule has 1 heterocycles. The van der Waals surface area contributed by atoms with E-state index in [0.717, 1.165) is 18.4 Å². The van der Waals surface area contributed by atoms with Crippen LogP contribution < -0.4 is 0 Å². The first-order valence-electron chi connectivity index (χ1n) is 5.76. The highest BCUT2D eigenvalue weighted by molar-refractivity contribution is 5.66. The third-order valence-corrected chi connectivity index (χ3v) is 3.32. The molecule has 6 nitrogen and oxygen atoms in total. The molecule has 0 aliphatic heterocycles. The first-order chi connectivity index (χ1) is 8.72. The predicted molar refractivity (Wildman–Crippen MR) is 61.9 cm³/mol. The molecule has 0 bridgehead atoms. The number of carboxylic acids is 1. The van der Waals surface area contributed by atoms with Gasteiger partial charge in [0.25, 0.3) is 0 Å². The fraction of sp³-hybridized carbons (Fsp3) is 0.333. The Labute approximate surface area is 103 Å². The summed E-state index contributed by atoms with van der Waals surface area (Å²) in [5.74, 6) is -0.288. The molecule has 2 aromatic rings. The van der Waals surface area contributed by atoms with E-state index in [0.29, 0.717) is 5.82 Å². The number of benzene rings is 1. The van der Waals surface area contributed by atoms with E-state index >= 15 is 0 Å². The molecule has 0 unspecified atom stereocenters. The van der Waals surface area contributed by atoms with Crippen LogP contribution in [0.2, 0.25) is 0 Å². The first-order valence-corrected chi connectivity index (χ1v) is 5.76. The van der Waals surface area contributed by atoms with Gasteiger partial charge in [0, 0.05) is 0 Å². The average Bonchev–Trinajstić information content (AvgIpc) is 3.05. The lowest BCUT2D eigenvalue weighted by molar-refractivity contribution is -0.138. The van der Waals surface area contributed by atoms with E-state index in [1.165, 1.54) is 4.68 Å². The maximum absolute atomic E-state index is 10.8. The number of carboxylic acid groups (broad SMARTS) is 1. The normalized spacial score (nSPS) is 16.4. The summed E-state index contributed by atoms with van der Waals surface area (Å²) in [4.78, 5) is 10.8. The highest BCUT2D eigenvalue weighted by Gasteiger charge is 2.50. The van der Waals surface area contributed by atoms with Gasteiger partial charge in [-0.2, -0.15) is 0 Å². The summed E-state index contributed by atoms with van der Waals surface area (Å²) in [5.41, 5.74) is 0.951. The summed E-state index contributed by atoms with van der Waals surface area (Å²) in [6.45, 7) is -0.198. The Kier molecular flexibility index (Phi) is 2.36. The second-order valence-electron chi connectivity index (χ2n) is 4.50. The van der Waals surface area contributed by atoms with E-state index in [4.69, 9.17) is 5.11 Å². The molecule has 1 aromatic carbocycles. The lowest BCUT2D eigenvalue weighted by atomic mass is 9.95. The van der Waals surface area contributed by atoms with Crippen molar-refractivity contribution in [2.24, 2.45) is 0 Å². The van der Waals surface area contributed by atoms with Crippen LogP contribution in [0.25, 0.3) is 0 Å². The van der Waals surface area contributed by atoms with Crippen LogP contribution in [-0.4, -0.2) is 31.3 Å². The molecule has 1 aromatic heterocycles. The van der Waals surface area contributed by atoms with E-state index in [9.17, 15) is 4.79 Å². The van der Waals surface area contributed by atoms with Gasteiger partial charge >= 0.3 is 5.97 Å². The smallest absolute Gasteiger partial charge is 0.325 e. The molecule has 1 N–H and O–H groups in total. The zero-order valence-corrected chi connectivity index (χ0v) is 9.65. The zero-order chi connectivity index (χ0) is 12.6. The Morgan fingerprint density at radius 2 is 2.06 bits per heavy atom. The molecule has 1 aliphatic rings. The molecule has 18 heavy (non-hydrogen) atoms. The maximum Gasteiger partial charge on any atom is 0.325 e. The number of rotatable bonds is 4. The van der Waals surface area contributed by atoms with Crippen molar-refractivity contribution >= 4 is 5.97 Å². The summed E-state index contributed by atoms with van der Waals surface area (Å²) in [5, 5.41) is 20.2. The summed E-state index contributed by atoms with van der Waals surface area (Å²) in [6, 6.07) is 9.97. The minimum atomic E-state index is -0.938. The molecular weight excluding hydrogens is 232 g/mol. The van der Waals surface area contributed by atoms with E-state index in [-0.39, 0.29) is 12.0 Å². The van der Waals surface area contributed by atoms with Crippen molar-refractivity contribution in [1.29, 1.82) is 0 Å². The Morgan fingerprint density at radius 1 is 1.33 bits per heavy atom. The van der Waals surface area contributed by atoms with Gasteiger partial charge in [0.2, 0.25) is 0 Å². The minimum Gasteiger partial charge on any atom is -0.480 e. The van der Waals surface area contributed by atoms with Crippen molar-refractivity contribution < 1.29 is 9.90 Å². The largest absolute Gasteiger partial charge is 0.480 e. The van der Waals surface area contributed by atoms with E-state index in [1.54, 1.807) is 0 Å². The number of carbonyl (C=O) groups is 1. The summed E-state index contributed by atoms with van der Waals surface area (Å²) in [7, 11) is 0. The van der Waals surface area contributed by atoms with Crippen LogP contribution in [0, 0.1) is 0 Å². The van der Waals surface area contributed by atoms with E-state index in [2.05, 4.69) is 15.5 Å². The van der Waals surface area contributed by atoms with Gasteiger partial charge in [-0.25, -0.2) is 4.68 Å².